The molecule has 2 aliphatic rings. The predicted molar refractivity (Wildman–Crippen MR) is 163 cm³/mol. The van der Waals surface area contributed by atoms with Gasteiger partial charge in [0.2, 0.25) is 0 Å². The highest BCUT2D eigenvalue weighted by atomic mass is 14.3. The molecule has 0 amide bonds. The highest BCUT2D eigenvalue weighted by Crippen LogP contribution is 2.40. The van der Waals surface area contributed by atoms with E-state index in [0.717, 1.165) is 23.7 Å². The first-order valence-electron chi connectivity index (χ1n) is 16.5. The van der Waals surface area contributed by atoms with E-state index < -0.39 is 0 Å². The molecular weight excluding hydrogens is 444 g/mol. The van der Waals surface area contributed by atoms with Gasteiger partial charge in [0.25, 0.3) is 0 Å². The summed E-state index contributed by atoms with van der Waals surface area (Å²) in [6, 6.07) is 19.2. The zero-order valence-corrected chi connectivity index (χ0v) is 24.4. The van der Waals surface area contributed by atoms with Crippen LogP contribution < -0.4 is 0 Å². The summed E-state index contributed by atoms with van der Waals surface area (Å²) >= 11 is 0. The van der Waals surface area contributed by atoms with E-state index in [4.69, 9.17) is 0 Å². The maximum Gasteiger partial charge on any atom is -0.0162 e. The molecule has 2 aliphatic carbocycles. The van der Waals surface area contributed by atoms with Crippen LogP contribution in [0.4, 0.5) is 0 Å². The molecule has 0 atom stereocenters. The van der Waals surface area contributed by atoms with Crippen LogP contribution in [-0.2, 0) is 0 Å². The van der Waals surface area contributed by atoms with Gasteiger partial charge in [0.05, 0.1) is 0 Å². The van der Waals surface area contributed by atoms with E-state index in [1.807, 2.05) is 0 Å². The second kappa shape index (κ2) is 15.8. The van der Waals surface area contributed by atoms with Crippen LogP contribution in [0.2, 0.25) is 0 Å². The van der Waals surface area contributed by atoms with Gasteiger partial charge in [-0.25, -0.2) is 0 Å². The highest BCUT2D eigenvalue weighted by molar-refractivity contribution is 5.64. The van der Waals surface area contributed by atoms with Gasteiger partial charge in [-0.1, -0.05) is 133 Å². The molecule has 0 nitrogen and oxygen atoms in total. The van der Waals surface area contributed by atoms with Crippen molar-refractivity contribution >= 4 is 0 Å². The molecule has 0 spiro atoms. The molecule has 204 valence electrons. The molecule has 0 N–H and O–H groups in total. The van der Waals surface area contributed by atoms with Gasteiger partial charge in [-0.15, -0.1) is 0 Å². The summed E-state index contributed by atoms with van der Waals surface area (Å²) in [4.78, 5) is 0. The monoisotopic (exact) mass is 500 g/mol. The van der Waals surface area contributed by atoms with Crippen LogP contribution >= 0.6 is 0 Å². The summed E-state index contributed by atoms with van der Waals surface area (Å²) < 4.78 is 0. The lowest BCUT2D eigenvalue weighted by Gasteiger charge is -2.29. The molecule has 0 bridgehead atoms. The van der Waals surface area contributed by atoms with Crippen molar-refractivity contribution in [1.29, 1.82) is 0 Å². The van der Waals surface area contributed by atoms with E-state index in [1.54, 1.807) is 11.1 Å². The summed E-state index contributed by atoms with van der Waals surface area (Å²) in [6.07, 6.45) is 27.1. The minimum Gasteiger partial charge on any atom is -0.0654 e. The average molecular weight is 501 g/mol. The Labute approximate surface area is 230 Å². The van der Waals surface area contributed by atoms with Crippen LogP contribution in [0.15, 0.2) is 48.5 Å². The first kappa shape index (κ1) is 28.4. The molecule has 0 saturated heterocycles. The molecule has 2 aromatic rings. The lowest BCUT2D eigenvalue weighted by Crippen LogP contribution is -2.13. The zero-order chi connectivity index (χ0) is 25.7. The molecule has 4 rings (SSSR count). The first-order chi connectivity index (χ1) is 18.3. The van der Waals surface area contributed by atoms with Gasteiger partial charge < -0.3 is 0 Å². The van der Waals surface area contributed by atoms with E-state index >= 15 is 0 Å². The Morgan fingerprint density at radius 1 is 0.432 bits per heavy atom. The summed E-state index contributed by atoms with van der Waals surface area (Å²) in [5.41, 5.74) is 5.91. The third-order valence-corrected chi connectivity index (χ3v) is 9.97. The van der Waals surface area contributed by atoms with E-state index in [0.29, 0.717) is 0 Å². The van der Waals surface area contributed by atoms with Gasteiger partial charge in [0, 0.05) is 0 Å². The molecule has 0 aromatic heterocycles. The van der Waals surface area contributed by atoms with Crippen molar-refractivity contribution in [3.05, 3.63) is 59.7 Å². The summed E-state index contributed by atoms with van der Waals surface area (Å²) in [5, 5.41) is 0. The van der Waals surface area contributed by atoms with Crippen LogP contribution in [0.1, 0.15) is 159 Å². The molecule has 37 heavy (non-hydrogen) atoms. The maximum atomic E-state index is 2.43. The third-order valence-electron chi connectivity index (χ3n) is 9.97. The summed E-state index contributed by atoms with van der Waals surface area (Å²) in [6.45, 7) is 4.63. The number of hydrogen-bond acceptors (Lipinski definition) is 0. The second-order valence-corrected chi connectivity index (χ2v) is 12.7. The largest absolute Gasteiger partial charge is 0.0654 e. The molecule has 0 aliphatic heterocycles. The Morgan fingerprint density at radius 2 is 0.784 bits per heavy atom. The van der Waals surface area contributed by atoms with Gasteiger partial charge in [-0.3, -0.25) is 0 Å². The van der Waals surface area contributed by atoms with Crippen LogP contribution in [0.3, 0.4) is 0 Å². The van der Waals surface area contributed by atoms with Gasteiger partial charge in [-0.2, -0.15) is 0 Å². The van der Waals surface area contributed by atoms with Crippen LogP contribution in [0.25, 0.3) is 11.1 Å². The minimum absolute atomic E-state index is 0.786. The Kier molecular flexibility index (Phi) is 12.1. The van der Waals surface area contributed by atoms with Gasteiger partial charge in [0.15, 0.2) is 0 Å². The average Bonchev–Trinajstić information content (AvgIpc) is 2.96. The molecule has 0 heterocycles. The Balaban J connectivity index is 1.19. The number of benzene rings is 2. The van der Waals surface area contributed by atoms with Crippen molar-refractivity contribution in [1.82, 2.24) is 0 Å². The molecule has 0 heteroatoms. The molecule has 2 saturated carbocycles. The van der Waals surface area contributed by atoms with E-state index in [2.05, 4.69) is 62.4 Å². The fourth-order valence-corrected chi connectivity index (χ4v) is 7.36. The Hall–Kier alpha value is -1.56. The van der Waals surface area contributed by atoms with Gasteiger partial charge >= 0.3 is 0 Å². The number of unbranched alkanes of at least 4 members (excludes halogenated alkanes) is 7. The number of hydrogen-bond donors (Lipinski definition) is 0. The van der Waals surface area contributed by atoms with Crippen LogP contribution in [0, 0.1) is 11.8 Å². The topological polar surface area (TPSA) is 0 Å². The lowest BCUT2D eigenvalue weighted by molar-refractivity contribution is 0.302. The quantitative estimate of drug-likeness (QED) is 0.226. The van der Waals surface area contributed by atoms with Crippen molar-refractivity contribution in [3.63, 3.8) is 0 Å². The fourth-order valence-electron chi connectivity index (χ4n) is 7.36. The summed E-state index contributed by atoms with van der Waals surface area (Å²) in [5.74, 6) is 3.57. The minimum atomic E-state index is 0.786. The normalized spacial score (nSPS) is 24.3. The van der Waals surface area contributed by atoms with Crippen molar-refractivity contribution < 1.29 is 0 Å². The zero-order valence-electron chi connectivity index (χ0n) is 24.4. The fraction of sp³-hybridized carbons (Fsp3) is 0.676. The van der Waals surface area contributed by atoms with Gasteiger partial charge in [0.1, 0.15) is 0 Å². The van der Waals surface area contributed by atoms with Crippen molar-refractivity contribution in [2.75, 3.05) is 0 Å². The van der Waals surface area contributed by atoms with Gasteiger partial charge in [-0.05, 0) is 97.3 Å². The molecule has 2 aromatic carbocycles. The molecule has 0 unspecified atom stereocenters. The SMILES string of the molecule is CCCCCCCC[C@H]1CC[C@H](c2ccc(-c3ccc([C@H]4CC[C@H](CCCCC)CC4)cc3)cc2)CC1. The van der Waals surface area contributed by atoms with E-state index in [9.17, 15) is 0 Å². The predicted octanol–water partition coefficient (Wildman–Crippen LogP) is 12.2. The summed E-state index contributed by atoms with van der Waals surface area (Å²) in [7, 11) is 0. The van der Waals surface area contributed by atoms with Crippen LogP contribution in [0.5, 0.6) is 0 Å². The standard InChI is InChI=1S/C37H56/c1-3-5-7-8-9-11-13-31-16-20-33(21-17-31)35-24-28-37(29-25-35)36-26-22-34(23-27-36)32-18-14-30(15-19-32)12-10-6-4-2/h22-33H,3-21H2,1-2H3/t30-,31-,32-,33-. The second-order valence-electron chi connectivity index (χ2n) is 12.7. The number of rotatable bonds is 14. The Morgan fingerprint density at radius 3 is 1.22 bits per heavy atom. The van der Waals surface area contributed by atoms with Crippen LogP contribution in [-0.4, -0.2) is 0 Å². The van der Waals surface area contributed by atoms with E-state index in [-0.39, 0.29) is 0 Å². The molecule has 2 fully saturated rings. The van der Waals surface area contributed by atoms with Crippen molar-refractivity contribution in [2.24, 2.45) is 11.8 Å². The first-order valence-corrected chi connectivity index (χ1v) is 16.5. The third kappa shape index (κ3) is 9.01. The Bertz CT molecular complexity index is 844. The molecule has 0 radical (unpaired) electrons. The molecular formula is C37H56. The maximum absolute atomic E-state index is 2.43. The van der Waals surface area contributed by atoms with E-state index in [1.165, 1.54) is 133 Å². The highest BCUT2D eigenvalue weighted by Gasteiger charge is 2.23. The van der Waals surface area contributed by atoms with Crippen molar-refractivity contribution in [3.8, 4) is 11.1 Å². The lowest BCUT2D eigenvalue weighted by atomic mass is 9.76. The smallest absolute Gasteiger partial charge is 0.0162 e. The van der Waals surface area contributed by atoms with Crippen molar-refractivity contribution in [2.45, 2.75) is 148 Å².